The van der Waals surface area contributed by atoms with Crippen LogP contribution in [-0.2, 0) is 9.53 Å². The van der Waals surface area contributed by atoms with Gasteiger partial charge in [-0.2, -0.15) is 0 Å². The first-order valence-corrected chi connectivity index (χ1v) is 7.24. The largest absolute Gasteiger partial charge is 0.453 e. The van der Waals surface area contributed by atoms with Gasteiger partial charge in [0.15, 0.2) is 0 Å². The van der Waals surface area contributed by atoms with Gasteiger partial charge in [-0.3, -0.25) is 9.69 Å². The van der Waals surface area contributed by atoms with Crippen LogP contribution < -0.4 is 5.32 Å². The molecule has 0 aromatic carbocycles. The maximum absolute atomic E-state index is 12.3. The minimum atomic E-state index is -0.310. The molecule has 2 amide bonds. The molecule has 2 heterocycles. The van der Waals surface area contributed by atoms with Crippen molar-refractivity contribution in [2.24, 2.45) is 0 Å². The van der Waals surface area contributed by atoms with Gasteiger partial charge in [0.25, 0.3) is 0 Å². The first-order chi connectivity index (χ1) is 9.70. The van der Waals surface area contributed by atoms with Gasteiger partial charge < -0.3 is 19.9 Å². The highest BCUT2D eigenvalue weighted by Crippen LogP contribution is 2.05. The van der Waals surface area contributed by atoms with Crippen molar-refractivity contribution < 1.29 is 14.3 Å². The van der Waals surface area contributed by atoms with Gasteiger partial charge in [0.05, 0.1) is 13.7 Å². The minimum Gasteiger partial charge on any atom is -0.453 e. The molecule has 0 spiro atoms. The smallest absolute Gasteiger partial charge is 0.409 e. The first-order valence-electron chi connectivity index (χ1n) is 7.24. The Labute approximate surface area is 119 Å². The Bertz CT molecular complexity index is 335. The molecule has 0 aliphatic carbocycles. The van der Waals surface area contributed by atoms with E-state index < -0.39 is 0 Å². The molecule has 2 saturated heterocycles. The molecular formula is C13H24N4O3. The number of carbonyl (C=O) groups is 2. The van der Waals surface area contributed by atoms with E-state index in [1.54, 1.807) is 4.90 Å². The molecule has 0 unspecified atom stereocenters. The second-order valence-electron chi connectivity index (χ2n) is 5.22. The second kappa shape index (κ2) is 7.44. The molecule has 0 saturated carbocycles. The molecule has 2 fully saturated rings. The van der Waals surface area contributed by atoms with E-state index in [0.717, 1.165) is 32.6 Å². The molecule has 7 heteroatoms. The quantitative estimate of drug-likeness (QED) is 0.719. The Balaban J connectivity index is 1.75. The van der Waals surface area contributed by atoms with Crippen LogP contribution in [-0.4, -0.2) is 92.7 Å². The van der Waals surface area contributed by atoms with E-state index in [4.69, 9.17) is 0 Å². The summed E-state index contributed by atoms with van der Waals surface area (Å²) in [5, 5.41) is 3.33. The van der Waals surface area contributed by atoms with Crippen LogP contribution in [0.25, 0.3) is 0 Å². The Kier molecular flexibility index (Phi) is 5.60. The van der Waals surface area contributed by atoms with Gasteiger partial charge in [0, 0.05) is 39.3 Å². The summed E-state index contributed by atoms with van der Waals surface area (Å²) in [5.41, 5.74) is 0. The molecule has 7 nitrogen and oxygen atoms in total. The maximum Gasteiger partial charge on any atom is 0.409 e. The molecule has 20 heavy (non-hydrogen) atoms. The number of carbonyl (C=O) groups excluding carboxylic acids is 2. The predicted molar refractivity (Wildman–Crippen MR) is 74.5 cm³/mol. The SMILES string of the molecule is COC(=O)N1CCN(C(=O)CN2CCCNCC2)CC1. The number of amides is 2. The summed E-state index contributed by atoms with van der Waals surface area (Å²) in [5.74, 6) is 0.163. The Morgan fingerprint density at radius 2 is 1.70 bits per heavy atom. The van der Waals surface area contributed by atoms with E-state index in [9.17, 15) is 9.59 Å². The number of hydrogen-bond acceptors (Lipinski definition) is 5. The van der Waals surface area contributed by atoms with E-state index in [1.165, 1.54) is 7.11 Å². The summed E-state index contributed by atoms with van der Waals surface area (Å²) in [4.78, 5) is 29.3. The topological polar surface area (TPSA) is 65.1 Å². The average molecular weight is 284 g/mol. The van der Waals surface area contributed by atoms with Crippen LogP contribution >= 0.6 is 0 Å². The van der Waals surface area contributed by atoms with Gasteiger partial charge in [0.1, 0.15) is 0 Å². The molecule has 0 atom stereocenters. The zero-order valence-electron chi connectivity index (χ0n) is 12.1. The highest BCUT2D eigenvalue weighted by Gasteiger charge is 2.25. The van der Waals surface area contributed by atoms with E-state index in [1.807, 2.05) is 4.90 Å². The van der Waals surface area contributed by atoms with Crippen LogP contribution in [0.2, 0.25) is 0 Å². The van der Waals surface area contributed by atoms with E-state index in [-0.39, 0.29) is 12.0 Å². The van der Waals surface area contributed by atoms with Crippen molar-refractivity contribution in [3.05, 3.63) is 0 Å². The third-order valence-electron chi connectivity index (χ3n) is 3.86. The lowest BCUT2D eigenvalue weighted by Gasteiger charge is -2.34. The van der Waals surface area contributed by atoms with Crippen LogP contribution in [0, 0.1) is 0 Å². The van der Waals surface area contributed by atoms with Gasteiger partial charge in [-0.15, -0.1) is 0 Å². The highest BCUT2D eigenvalue weighted by atomic mass is 16.5. The van der Waals surface area contributed by atoms with Crippen LogP contribution in [0.1, 0.15) is 6.42 Å². The number of ether oxygens (including phenoxy) is 1. The van der Waals surface area contributed by atoms with Crippen LogP contribution in [0.5, 0.6) is 0 Å². The number of methoxy groups -OCH3 is 1. The number of hydrogen-bond donors (Lipinski definition) is 1. The second-order valence-corrected chi connectivity index (χ2v) is 5.22. The third kappa shape index (κ3) is 4.08. The molecule has 2 rings (SSSR count). The first kappa shape index (κ1) is 15.1. The van der Waals surface area contributed by atoms with Gasteiger partial charge in [-0.05, 0) is 19.5 Å². The number of nitrogens with zero attached hydrogens (tertiary/aromatic N) is 3. The van der Waals surface area contributed by atoms with E-state index in [0.29, 0.717) is 32.7 Å². The lowest BCUT2D eigenvalue weighted by molar-refractivity contribution is -0.133. The zero-order chi connectivity index (χ0) is 14.4. The summed E-state index contributed by atoms with van der Waals surface area (Å²) in [6.07, 6.45) is 0.777. The fraction of sp³-hybridized carbons (Fsp3) is 0.846. The van der Waals surface area contributed by atoms with E-state index >= 15 is 0 Å². The van der Waals surface area contributed by atoms with Gasteiger partial charge in [-0.25, -0.2) is 4.79 Å². The summed E-state index contributed by atoms with van der Waals surface area (Å²) >= 11 is 0. The Hall–Kier alpha value is -1.34. The molecular weight excluding hydrogens is 260 g/mol. The van der Waals surface area contributed by atoms with Crippen molar-refractivity contribution in [1.29, 1.82) is 0 Å². The zero-order valence-corrected chi connectivity index (χ0v) is 12.1. The van der Waals surface area contributed by atoms with Gasteiger partial charge in [0.2, 0.25) is 5.91 Å². The number of rotatable bonds is 2. The number of piperazine rings is 1. The molecule has 1 N–H and O–H groups in total. The monoisotopic (exact) mass is 284 g/mol. The van der Waals surface area contributed by atoms with Crippen LogP contribution in [0.15, 0.2) is 0 Å². The molecule has 0 aromatic rings. The standard InChI is InChI=1S/C13H24N4O3/c1-20-13(19)17-9-7-16(8-10-17)12(18)11-15-5-2-3-14-4-6-15/h14H,2-11H2,1H3. The lowest BCUT2D eigenvalue weighted by Crippen LogP contribution is -2.52. The third-order valence-corrected chi connectivity index (χ3v) is 3.86. The van der Waals surface area contributed by atoms with Crippen molar-refractivity contribution in [1.82, 2.24) is 20.0 Å². The van der Waals surface area contributed by atoms with Crippen LogP contribution in [0.3, 0.4) is 0 Å². The van der Waals surface area contributed by atoms with Crippen molar-refractivity contribution in [2.75, 3.05) is 66.0 Å². The van der Waals surface area contributed by atoms with Crippen molar-refractivity contribution in [3.63, 3.8) is 0 Å². The van der Waals surface area contributed by atoms with Crippen molar-refractivity contribution in [2.45, 2.75) is 6.42 Å². The normalized spacial score (nSPS) is 21.4. The summed E-state index contributed by atoms with van der Waals surface area (Å²) in [7, 11) is 1.38. The van der Waals surface area contributed by atoms with Crippen molar-refractivity contribution >= 4 is 12.0 Å². The summed E-state index contributed by atoms with van der Waals surface area (Å²) in [6, 6.07) is 0. The number of nitrogens with one attached hydrogen (secondary N) is 1. The molecule has 0 bridgehead atoms. The fourth-order valence-electron chi connectivity index (χ4n) is 2.62. The van der Waals surface area contributed by atoms with Gasteiger partial charge >= 0.3 is 6.09 Å². The molecule has 0 aromatic heterocycles. The Morgan fingerprint density at radius 1 is 1.00 bits per heavy atom. The Morgan fingerprint density at radius 3 is 2.40 bits per heavy atom. The predicted octanol–water partition coefficient (Wildman–Crippen LogP) is -0.808. The molecule has 2 aliphatic heterocycles. The van der Waals surface area contributed by atoms with E-state index in [2.05, 4.69) is 15.0 Å². The fourth-order valence-corrected chi connectivity index (χ4v) is 2.62. The molecule has 0 radical (unpaired) electrons. The lowest BCUT2D eigenvalue weighted by atomic mass is 10.3. The average Bonchev–Trinajstić information content (AvgIpc) is 2.75. The highest BCUT2D eigenvalue weighted by molar-refractivity contribution is 5.78. The molecule has 2 aliphatic rings. The van der Waals surface area contributed by atoms with Crippen LogP contribution in [0.4, 0.5) is 4.79 Å². The maximum atomic E-state index is 12.3. The summed E-state index contributed by atoms with van der Waals surface area (Å²) < 4.78 is 4.69. The van der Waals surface area contributed by atoms with Crippen molar-refractivity contribution in [3.8, 4) is 0 Å². The minimum absolute atomic E-state index is 0.163. The molecule has 114 valence electrons. The summed E-state index contributed by atoms with van der Waals surface area (Å²) in [6.45, 7) is 6.67. The van der Waals surface area contributed by atoms with Gasteiger partial charge in [-0.1, -0.05) is 0 Å².